The lowest BCUT2D eigenvalue weighted by Crippen LogP contribution is -2.52. The van der Waals surface area contributed by atoms with Gasteiger partial charge >= 0.3 is 0 Å². The number of piperazine rings is 1. The average Bonchev–Trinajstić information content (AvgIpc) is 2.76. The van der Waals surface area contributed by atoms with Gasteiger partial charge in [-0.2, -0.15) is 0 Å². The van der Waals surface area contributed by atoms with E-state index in [1.807, 2.05) is 4.90 Å². The van der Waals surface area contributed by atoms with E-state index in [1.165, 1.54) is 57.9 Å². The van der Waals surface area contributed by atoms with Crippen LogP contribution in [0.15, 0.2) is 0 Å². The van der Waals surface area contributed by atoms with E-state index >= 15 is 0 Å². The first kappa shape index (κ1) is 22.1. The van der Waals surface area contributed by atoms with Crippen LogP contribution >= 0.6 is 0 Å². The highest BCUT2D eigenvalue weighted by Gasteiger charge is 2.39. The lowest BCUT2D eigenvalue weighted by Gasteiger charge is -2.47. The lowest BCUT2D eigenvalue weighted by molar-refractivity contribution is -0.138. The van der Waals surface area contributed by atoms with Crippen LogP contribution in [0.1, 0.15) is 78.1 Å². The minimum atomic E-state index is 0.245. The molecule has 4 rings (SSSR count). The van der Waals surface area contributed by atoms with Gasteiger partial charge in [0.2, 0.25) is 11.8 Å². The molecule has 4 fully saturated rings. The summed E-state index contributed by atoms with van der Waals surface area (Å²) in [6, 6.07) is 0. The maximum atomic E-state index is 12.9. The average molecular weight is 418 g/mol. The van der Waals surface area contributed by atoms with Gasteiger partial charge in [-0.1, -0.05) is 6.92 Å². The summed E-state index contributed by atoms with van der Waals surface area (Å²) < 4.78 is 0. The maximum absolute atomic E-state index is 12.9. The van der Waals surface area contributed by atoms with Crippen molar-refractivity contribution in [2.45, 2.75) is 78.1 Å². The van der Waals surface area contributed by atoms with Crippen molar-refractivity contribution in [2.24, 2.45) is 23.2 Å². The molecule has 1 spiro atoms. The Balaban J connectivity index is 1.16. The van der Waals surface area contributed by atoms with E-state index in [2.05, 4.69) is 16.7 Å². The Morgan fingerprint density at radius 1 is 0.767 bits per heavy atom. The Hall–Kier alpha value is -1.10. The predicted molar refractivity (Wildman–Crippen MR) is 120 cm³/mol. The highest BCUT2D eigenvalue weighted by molar-refractivity contribution is 5.79. The molecule has 0 radical (unpaired) electrons. The summed E-state index contributed by atoms with van der Waals surface area (Å²) in [6.07, 6.45) is 12.5. The third kappa shape index (κ3) is 5.20. The Kier molecular flexibility index (Phi) is 7.06. The van der Waals surface area contributed by atoms with Crippen LogP contribution in [-0.2, 0) is 9.59 Å². The summed E-state index contributed by atoms with van der Waals surface area (Å²) in [7, 11) is 0. The number of likely N-dealkylation sites (tertiary alicyclic amines) is 1. The zero-order valence-electron chi connectivity index (χ0n) is 19.4. The fourth-order valence-corrected chi connectivity index (χ4v) is 6.55. The molecule has 0 aromatic heterocycles. The molecule has 0 unspecified atom stereocenters. The van der Waals surface area contributed by atoms with E-state index in [0.717, 1.165) is 63.9 Å². The monoisotopic (exact) mass is 417 g/mol. The Labute approximate surface area is 183 Å². The molecule has 2 aliphatic heterocycles. The molecule has 2 amide bonds. The zero-order valence-corrected chi connectivity index (χ0v) is 19.4. The van der Waals surface area contributed by atoms with Gasteiger partial charge in [-0.15, -0.1) is 0 Å². The molecule has 0 bridgehead atoms. The van der Waals surface area contributed by atoms with E-state index in [-0.39, 0.29) is 5.91 Å². The molecule has 2 saturated carbocycles. The molecule has 30 heavy (non-hydrogen) atoms. The van der Waals surface area contributed by atoms with Gasteiger partial charge < -0.3 is 9.80 Å². The minimum Gasteiger partial charge on any atom is -0.343 e. The lowest BCUT2D eigenvalue weighted by atomic mass is 9.65. The van der Waals surface area contributed by atoms with Gasteiger partial charge in [0.05, 0.1) is 0 Å². The highest BCUT2D eigenvalue weighted by Crippen LogP contribution is 2.46. The number of hydrogen-bond acceptors (Lipinski definition) is 3. The minimum absolute atomic E-state index is 0.245. The quantitative estimate of drug-likeness (QED) is 0.702. The normalized spacial score (nSPS) is 31.1. The van der Waals surface area contributed by atoms with Crippen LogP contribution in [0.4, 0.5) is 0 Å². The van der Waals surface area contributed by atoms with Gasteiger partial charge in [-0.05, 0) is 81.5 Å². The molecule has 0 aromatic carbocycles. The smallest absolute Gasteiger partial charge is 0.225 e. The highest BCUT2D eigenvalue weighted by atomic mass is 16.2. The molecular formula is C25H43N3O2. The van der Waals surface area contributed by atoms with Crippen molar-refractivity contribution in [3.8, 4) is 0 Å². The van der Waals surface area contributed by atoms with Crippen molar-refractivity contribution in [3.05, 3.63) is 0 Å². The SMILES string of the molecule is CC(=O)N1CCC2(CCC(CN3CCN(C(=O)C4CCC(C)CC4)CC3)CC2)CC1. The van der Waals surface area contributed by atoms with Gasteiger partial charge in [0, 0.05) is 58.7 Å². The number of piperidine rings is 1. The fourth-order valence-electron chi connectivity index (χ4n) is 6.55. The number of carbonyl (C=O) groups excluding carboxylic acids is 2. The van der Waals surface area contributed by atoms with E-state index in [9.17, 15) is 9.59 Å². The maximum Gasteiger partial charge on any atom is 0.225 e. The van der Waals surface area contributed by atoms with Crippen LogP contribution in [-0.4, -0.2) is 72.3 Å². The summed E-state index contributed by atoms with van der Waals surface area (Å²) in [4.78, 5) is 31.3. The first-order valence-electron chi connectivity index (χ1n) is 12.7. The van der Waals surface area contributed by atoms with Crippen molar-refractivity contribution < 1.29 is 9.59 Å². The third-order valence-corrected chi connectivity index (χ3v) is 9.00. The molecule has 2 heterocycles. The molecule has 5 heteroatoms. The van der Waals surface area contributed by atoms with Crippen molar-refractivity contribution in [2.75, 3.05) is 45.8 Å². The summed E-state index contributed by atoms with van der Waals surface area (Å²) >= 11 is 0. The van der Waals surface area contributed by atoms with Crippen LogP contribution in [0.2, 0.25) is 0 Å². The van der Waals surface area contributed by atoms with Crippen LogP contribution in [0.25, 0.3) is 0 Å². The zero-order chi connectivity index (χ0) is 21.1. The van der Waals surface area contributed by atoms with Crippen LogP contribution < -0.4 is 0 Å². The fraction of sp³-hybridized carbons (Fsp3) is 0.920. The Bertz CT molecular complexity index is 588. The predicted octanol–water partition coefficient (Wildman–Crippen LogP) is 3.78. The number of nitrogens with zero attached hydrogens (tertiary/aromatic N) is 3. The standard InChI is InChI=1S/C25H43N3O2/c1-20-3-5-23(6-4-20)24(30)28-17-15-26(16-18-28)19-22-7-9-25(10-8-22)11-13-27(14-12-25)21(2)29/h20,22-23H,3-19H2,1-2H3. The Morgan fingerprint density at radius 3 is 1.93 bits per heavy atom. The first-order valence-corrected chi connectivity index (χ1v) is 12.7. The van der Waals surface area contributed by atoms with Crippen molar-refractivity contribution in [1.29, 1.82) is 0 Å². The number of carbonyl (C=O) groups is 2. The summed E-state index contributed by atoms with van der Waals surface area (Å²) in [5.74, 6) is 2.62. The molecule has 0 atom stereocenters. The Morgan fingerprint density at radius 2 is 1.37 bits per heavy atom. The van der Waals surface area contributed by atoms with Crippen LogP contribution in [0.5, 0.6) is 0 Å². The van der Waals surface area contributed by atoms with Crippen molar-refractivity contribution >= 4 is 11.8 Å². The molecule has 0 aromatic rings. The van der Waals surface area contributed by atoms with E-state index in [1.54, 1.807) is 6.92 Å². The third-order valence-electron chi connectivity index (χ3n) is 9.00. The van der Waals surface area contributed by atoms with E-state index in [4.69, 9.17) is 0 Å². The van der Waals surface area contributed by atoms with Crippen LogP contribution in [0.3, 0.4) is 0 Å². The number of hydrogen-bond donors (Lipinski definition) is 0. The first-order chi connectivity index (χ1) is 14.4. The van der Waals surface area contributed by atoms with Crippen molar-refractivity contribution in [1.82, 2.24) is 14.7 Å². The van der Waals surface area contributed by atoms with Gasteiger partial charge in [0.15, 0.2) is 0 Å². The van der Waals surface area contributed by atoms with Gasteiger partial charge in [0.1, 0.15) is 0 Å². The summed E-state index contributed by atoms with van der Waals surface area (Å²) in [6.45, 7) is 11.2. The number of amides is 2. The van der Waals surface area contributed by atoms with Gasteiger partial charge in [-0.25, -0.2) is 0 Å². The summed E-state index contributed by atoms with van der Waals surface area (Å²) in [5, 5.41) is 0. The molecule has 4 aliphatic rings. The molecule has 2 saturated heterocycles. The van der Waals surface area contributed by atoms with Crippen molar-refractivity contribution in [3.63, 3.8) is 0 Å². The van der Waals surface area contributed by atoms with Gasteiger partial charge in [0.25, 0.3) is 0 Å². The molecular weight excluding hydrogens is 374 g/mol. The molecule has 5 nitrogen and oxygen atoms in total. The number of rotatable bonds is 3. The van der Waals surface area contributed by atoms with E-state index in [0.29, 0.717) is 17.2 Å². The second-order valence-electron chi connectivity index (χ2n) is 11.0. The topological polar surface area (TPSA) is 43.9 Å². The molecule has 0 N–H and O–H groups in total. The van der Waals surface area contributed by atoms with Crippen LogP contribution in [0, 0.1) is 23.2 Å². The second kappa shape index (κ2) is 9.58. The molecule has 170 valence electrons. The second-order valence-corrected chi connectivity index (χ2v) is 11.0. The van der Waals surface area contributed by atoms with Gasteiger partial charge in [-0.3, -0.25) is 14.5 Å². The largest absolute Gasteiger partial charge is 0.343 e. The summed E-state index contributed by atoms with van der Waals surface area (Å²) in [5.41, 5.74) is 0.519. The van der Waals surface area contributed by atoms with E-state index < -0.39 is 0 Å². The molecule has 2 aliphatic carbocycles.